The molecule has 0 amide bonds. The summed E-state index contributed by atoms with van der Waals surface area (Å²) >= 11 is 0. The van der Waals surface area contributed by atoms with Gasteiger partial charge in [-0.05, 0) is 24.1 Å². The topological polar surface area (TPSA) is 26.3 Å². The zero-order valence-corrected chi connectivity index (χ0v) is 8.12. The average Bonchev–Trinajstić information content (AvgIpc) is 2.65. The number of carbonyl (C=O) groups is 1. The van der Waals surface area contributed by atoms with Crippen LogP contribution in [0.25, 0.3) is 5.57 Å². The van der Waals surface area contributed by atoms with E-state index in [0.717, 1.165) is 23.3 Å². The number of benzene rings is 1. The van der Waals surface area contributed by atoms with Crippen LogP contribution >= 0.6 is 0 Å². The number of hydrogen-bond acceptors (Lipinski definition) is 2. The van der Waals surface area contributed by atoms with E-state index in [1.165, 1.54) is 0 Å². The normalized spacial score (nSPS) is 15.5. The highest BCUT2D eigenvalue weighted by atomic mass is 16.5. The van der Waals surface area contributed by atoms with Gasteiger partial charge in [-0.15, -0.1) is 0 Å². The van der Waals surface area contributed by atoms with Gasteiger partial charge in [-0.25, -0.2) is 0 Å². The van der Waals surface area contributed by atoms with Crippen LogP contribution < -0.4 is 4.74 Å². The molecule has 0 heterocycles. The number of rotatable bonds is 2. The van der Waals surface area contributed by atoms with Crippen LogP contribution in [0, 0.1) is 0 Å². The van der Waals surface area contributed by atoms with Crippen LogP contribution in [0.15, 0.2) is 30.3 Å². The first kappa shape index (κ1) is 9.00. The van der Waals surface area contributed by atoms with Crippen molar-refractivity contribution >= 4 is 11.4 Å². The zero-order chi connectivity index (χ0) is 9.97. The minimum atomic E-state index is 0.234. The number of ketones is 1. The number of hydrogen-bond donors (Lipinski definition) is 0. The van der Waals surface area contributed by atoms with Crippen LogP contribution in [0.2, 0.25) is 0 Å². The summed E-state index contributed by atoms with van der Waals surface area (Å²) in [5.41, 5.74) is 1.80. The van der Waals surface area contributed by atoms with Gasteiger partial charge >= 0.3 is 0 Å². The molecule has 0 atom stereocenters. The van der Waals surface area contributed by atoms with Crippen molar-refractivity contribution in [2.75, 3.05) is 7.11 Å². The maximum Gasteiger partial charge on any atom is 0.163 e. The lowest BCUT2D eigenvalue weighted by Crippen LogP contribution is -1.95. The molecule has 1 aliphatic rings. The highest BCUT2D eigenvalue weighted by Crippen LogP contribution is 2.26. The van der Waals surface area contributed by atoms with Gasteiger partial charge in [0.1, 0.15) is 5.75 Å². The van der Waals surface area contributed by atoms with Crippen molar-refractivity contribution in [2.45, 2.75) is 12.8 Å². The lowest BCUT2D eigenvalue weighted by molar-refractivity contribution is -0.113. The van der Waals surface area contributed by atoms with Crippen molar-refractivity contribution in [1.82, 2.24) is 0 Å². The summed E-state index contributed by atoms with van der Waals surface area (Å²) in [6.07, 6.45) is 3.51. The first-order valence-electron chi connectivity index (χ1n) is 4.69. The molecule has 0 saturated heterocycles. The molecule has 0 fully saturated rings. The summed E-state index contributed by atoms with van der Waals surface area (Å²) in [5, 5.41) is 0. The van der Waals surface area contributed by atoms with E-state index in [4.69, 9.17) is 4.74 Å². The van der Waals surface area contributed by atoms with E-state index in [0.29, 0.717) is 6.42 Å². The molecule has 2 nitrogen and oxygen atoms in total. The largest absolute Gasteiger partial charge is 0.497 e. The minimum absolute atomic E-state index is 0.234. The van der Waals surface area contributed by atoms with E-state index in [-0.39, 0.29) is 5.78 Å². The third-order valence-electron chi connectivity index (χ3n) is 2.40. The Morgan fingerprint density at radius 3 is 2.86 bits per heavy atom. The van der Waals surface area contributed by atoms with Gasteiger partial charge in [0.15, 0.2) is 5.78 Å². The van der Waals surface area contributed by atoms with E-state index >= 15 is 0 Å². The van der Waals surface area contributed by atoms with Gasteiger partial charge in [-0.3, -0.25) is 4.79 Å². The predicted octanol–water partition coefficient (Wildman–Crippen LogP) is 2.44. The van der Waals surface area contributed by atoms with E-state index in [1.807, 2.05) is 30.3 Å². The summed E-state index contributed by atoms with van der Waals surface area (Å²) in [5.74, 6) is 1.03. The Kier molecular flexibility index (Phi) is 2.35. The monoisotopic (exact) mass is 188 g/mol. The van der Waals surface area contributed by atoms with Gasteiger partial charge in [-0.1, -0.05) is 18.2 Å². The molecule has 0 radical (unpaired) electrons. The Labute approximate surface area is 83.2 Å². The van der Waals surface area contributed by atoms with Crippen LogP contribution in [0.4, 0.5) is 0 Å². The smallest absolute Gasteiger partial charge is 0.163 e. The fourth-order valence-electron chi connectivity index (χ4n) is 1.67. The van der Waals surface area contributed by atoms with Crippen molar-refractivity contribution in [2.24, 2.45) is 0 Å². The molecule has 0 N–H and O–H groups in total. The summed E-state index contributed by atoms with van der Waals surface area (Å²) in [6.45, 7) is 0. The molecule has 72 valence electrons. The number of Topliss-reactive ketones (excluding diaryl/α,β-unsaturated/α-hetero) is 1. The van der Waals surface area contributed by atoms with Gasteiger partial charge in [-0.2, -0.15) is 0 Å². The Morgan fingerprint density at radius 1 is 1.36 bits per heavy atom. The van der Waals surface area contributed by atoms with Gasteiger partial charge in [0.2, 0.25) is 0 Å². The number of carbonyl (C=O) groups excluding carboxylic acids is 1. The second-order valence-electron chi connectivity index (χ2n) is 3.31. The molecule has 1 aromatic carbocycles. The van der Waals surface area contributed by atoms with E-state index < -0.39 is 0 Å². The van der Waals surface area contributed by atoms with E-state index in [1.54, 1.807) is 7.11 Å². The van der Waals surface area contributed by atoms with Crippen molar-refractivity contribution in [3.8, 4) is 5.75 Å². The fraction of sp³-hybridized carbons (Fsp3) is 0.250. The average molecular weight is 188 g/mol. The molecule has 2 heteroatoms. The Bertz CT molecular complexity index is 391. The molecule has 1 aliphatic carbocycles. The molecule has 2 rings (SSSR count). The van der Waals surface area contributed by atoms with Crippen LogP contribution in [-0.2, 0) is 4.79 Å². The molecule has 0 aliphatic heterocycles. The van der Waals surface area contributed by atoms with Crippen LogP contribution in [0.5, 0.6) is 5.75 Å². The Balaban J connectivity index is 2.36. The van der Waals surface area contributed by atoms with Gasteiger partial charge < -0.3 is 4.74 Å². The molecule has 0 saturated carbocycles. The maximum atomic E-state index is 11.5. The lowest BCUT2D eigenvalue weighted by atomic mass is 10.0. The van der Waals surface area contributed by atoms with Crippen LogP contribution in [0.3, 0.4) is 0 Å². The van der Waals surface area contributed by atoms with Crippen LogP contribution in [-0.4, -0.2) is 12.9 Å². The fourth-order valence-corrected chi connectivity index (χ4v) is 1.67. The Hall–Kier alpha value is -1.57. The lowest BCUT2D eigenvalue weighted by Gasteiger charge is -2.03. The van der Waals surface area contributed by atoms with Crippen molar-refractivity contribution in [3.05, 3.63) is 35.9 Å². The third-order valence-corrected chi connectivity index (χ3v) is 2.40. The first-order chi connectivity index (χ1) is 6.81. The van der Waals surface area contributed by atoms with Crippen LogP contribution in [0.1, 0.15) is 18.4 Å². The number of methoxy groups -OCH3 is 1. The summed E-state index contributed by atoms with van der Waals surface area (Å²) in [4.78, 5) is 11.5. The zero-order valence-electron chi connectivity index (χ0n) is 8.12. The molecule has 0 unspecified atom stereocenters. The highest BCUT2D eigenvalue weighted by molar-refractivity contribution is 6.22. The molecular weight excluding hydrogens is 176 g/mol. The molecule has 1 aromatic rings. The summed E-state index contributed by atoms with van der Waals surface area (Å²) in [6, 6.07) is 7.62. The van der Waals surface area contributed by atoms with Gasteiger partial charge in [0.25, 0.3) is 0 Å². The van der Waals surface area contributed by atoms with E-state index in [2.05, 4.69) is 0 Å². The third kappa shape index (κ3) is 1.55. The molecule has 0 spiro atoms. The SMILES string of the molecule is COc1cccc(C2=CCCC2=O)c1. The molecule has 0 aromatic heterocycles. The standard InChI is InChI=1S/C12H12O2/c1-14-10-5-2-4-9(8-10)11-6-3-7-12(11)13/h2,4-6,8H,3,7H2,1H3. The van der Waals surface area contributed by atoms with Crippen molar-refractivity contribution < 1.29 is 9.53 Å². The summed E-state index contributed by atoms with van der Waals surface area (Å²) < 4.78 is 5.11. The highest BCUT2D eigenvalue weighted by Gasteiger charge is 2.16. The van der Waals surface area contributed by atoms with Gasteiger partial charge in [0, 0.05) is 12.0 Å². The number of allylic oxidation sites excluding steroid dienone is 2. The predicted molar refractivity (Wildman–Crippen MR) is 55.2 cm³/mol. The summed E-state index contributed by atoms with van der Waals surface area (Å²) in [7, 11) is 1.63. The van der Waals surface area contributed by atoms with E-state index in [9.17, 15) is 4.79 Å². The second-order valence-corrected chi connectivity index (χ2v) is 3.31. The quantitative estimate of drug-likeness (QED) is 0.712. The second kappa shape index (κ2) is 3.66. The molecule has 14 heavy (non-hydrogen) atoms. The van der Waals surface area contributed by atoms with Crippen molar-refractivity contribution in [1.29, 1.82) is 0 Å². The van der Waals surface area contributed by atoms with Crippen molar-refractivity contribution in [3.63, 3.8) is 0 Å². The minimum Gasteiger partial charge on any atom is -0.497 e. The number of ether oxygens (including phenoxy) is 1. The first-order valence-corrected chi connectivity index (χ1v) is 4.69. The molecule has 0 bridgehead atoms. The maximum absolute atomic E-state index is 11.5. The molecular formula is C12H12O2. The van der Waals surface area contributed by atoms with Gasteiger partial charge in [0.05, 0.1) is 7.11 Å². The Morgan fingerprint density at radius 2 is 2.21 bits per heavy atom.